The number of hydrogen-bond acceptors (Lipinski definition) is 3. The van der Waals surface area contributed by atoms with Crippen LogP contribution in [0.5, 0.6) is 0 Å². The van der Waals surface area contributed by atoms with Crippen LogP contribution in [-0.4, -0.2) is 30.5 Å². The summed E-state index contributed by atoms with van der Waals surface area (Å²) in [5.74, 6) is 0. The van der Waals surface area contributed by atoms with Gasteiger partial charge in [0.2, 0.25) is 0 Å². The molecule has 0 unspecified atom stereocenters. The molecular formula is C22H22ClN3S. The van der Waals surface area contributed by atoms with E-state index in [1.807, 2.05) is 12.1 Å². The summed E-state index contributed by atoms with van der Waals surface area (Å²) >= 11 is 7.88. The number of H-pyrrole nitrogens is 1. The number of benzene rings is 3. The van der Waals surface area contributed by atoms with Crippen LogP contribution in [0.15, 0.2) is 65.7 Å². The Bertz CT molecular complexity index is 1090. The van der Waals surface area contributed by atoms with Gasteiger partial charge in [-0.25, -0.2) is 0 Å². The molecule has 138 valence electrons. The average molecular weight is 396 g/mol. The van der Waals surface area contributed by atoms with E-state index in [0.717, 1.165) is 39.3 Å². The van der Waals surface area contributed by atoms with Gasteiger partial charge in [0.1, 0.15) is 0 Å². The summed E-state index contributed by atoms with van der Waals surface area (Å²) in [6, 6.07) is 18.8. The summed E-state index contributed by atoms with van der Waals surface area (Å²) in [5.41, 5.74) is 3.64. The Morgan fingerprint density at radius 2 is 1.93 bits per heavy atom. The van der Waals surface area contributed by atoms with E-state index in [0.29, 0.717) is 0 Å². The average Bonchev–Trinajstić information content (AvgIpc) is 3.07. The van der Waals surface area contributed by atoms with E-state index in [1.54, 1.807) is 11.9 Å². The van der Waals surface area contributed by atoms with Gasteiger partial charge in [-0.2, -0.15) is 0 Å². The summed E-state index contributed by atoms with van der Waals surface area (Å²) in [4.78, 5) is 6.74. The Labute approximate surface area is 168 Å². The molecule has 1 aromatic heterocycles. The van der Waals surface area contributed by atoms with Crippen LogP contribution >= 0.6 is 23.5 Å². The third kappa shape index (κ3) is 4.08. The molecule has 0 fully saturated rings. The third-order valence-electron chi connectivity index (χ3n) is 4.68. The van der Waals surface area contributed by atoms with Gasteiger partial charge in [0, 0.05) is 44.6 Å². The van der Waals surface area contributed by atoms with E-state index in [9.17, 15) is 0 Å². The van der Waals surface area contributed by atoms with Gasteiger partial charge < -0.3 is 14.6 Å². The fourth-order valence-electron chi connectivity index (χ4n) is 3.20. The molecular weight excluding hydrogens is 374 g/mol. The van der Waals surface area contributed by atoms with Gasteiger partial charge in [0.25, 0.3) is 0 Å². The van der Waals surface area contributed by atoms with Gasteiger partial charge in [-0.1, -0.05) is 29.8 Å². The number of aromatic nitrogens is 1. The zero-order valence-corrected chi connectivity index (χ0v) is 17.0. The van der Waals surface area contributed by atoms with E-state index in [-0.39, 0.29) is 0 Å². The summed E-state index contributed by atoms with van der Waals surface area (Å²) in [6.45, 7) is 1.04. The van der Waals surface area contributed by atoms with Crippen molar-refractivity contribution in [3.63, 3.8) is 0 Å². The lowest BCUT2D eigenvalue weighted by Gasteiger charge is -2.09. The molecule has 0 spiro atoms. The molecule has 4 rings (SSSR count). The maximum atomic E-state index is 6.26. The smallest absolute Gasteiger partial charge is 0.0484 e. The van der Waals surface area contributed by atoms with Crippen molar-refractivity contribution in [3.8, 4) is 0 Å². The first-order valence-corrected chi connectivity index (χ1v) is 10.2. The largest absolute Gasteiger partial charge is 0.361 e. The molecule has 0 bridgehead atoms. The highest BCUT2D eigenvalue weighted by atomic mass is 35.5. The lowest BCUT2D eigenvalue weighted by molar-refractivity contribution is 0.414. The van der Waals surface area contributed by atoms with Crippen LogP contribution in [-0.2, 0) is 6.42 Å². The summed E-state index contributed by atoms with van der Waals surface area (Å²) < 4.78 is 3.47. The predicted octanol–water partition coefficient (Wildman–Crippen LogP) is 6.20. The summed E-state index contributed by atoms with van der Waals surface area (Å²) in [5, 5.41) is 4.32. The molecule has 1 heterocycles. The van der Waals surface area contributed by atoms with E-state index in [4.69, 9.17) is 11.6 Å². The molecule has 3 nitrogen and oxygen atoms in total. The number of nitrogens with one attached hydrogen (secondary N) is 2. The number of halogens is 1. The predicted molar refractivity (Wildman–Crippen MR) is 119 cm³/mol. The lowest BCUT2D eigenvalue weighted by Crippen LogP contribution is -2.14. The standard InChI is InChI=1S/C22H22ClN3S/c1-26(2)11-10-16-14-24-22-9-6-17(13-20(16)22)25-27-18-7-8-19-15(12-18)4-3-5-21(19)23/h3-9,12-14,24-25H,10-11H2,1-2H3. The van der Waals surface area contributed by atoms with Crippen molar-refractivity contribution in [2.45, 2.75) is 11.3 Å². The Morgan fingerprint density at radius 3 is 2.78 bits per heavy atom. The van der Waals surface area contributed by atoms with Crippen molar-refractivity contribution in [2.75, 3.05) is 25.4 Å². The lowest BCUT2D eigenvalue weighted by atomic mass is 10.1. The molecule has 2 N–H and O–H groups in total. The monoisotopic (exact) mass is 395 g/mol. The van der Waals surface area contributed by atoms with Gasteiger partial charge in [-0.05, 0) is 79.8 Å². The second kappa shape index (κ2) is 7.85. The normalized spacial score (nSPS) is 11.6. The van der Waals surface area contributed by atoms with Crippen molar-refractivity contribution < 1.29 is 0 Å². The van der Waals surface area contributed by atoms with Crippen LogP contribution in [0, 0.1) is 0 Å². The third-order valence-corrected chi connectivity index (χ3v) is 5.84. The Balaban J connectivity index is 1.52. The molecule has 0 aliphatic heterocycles. The molecule has 0 atom stereocenters. The van der Waals surface area contributed by atoms with Gasteiger partial charge in [0.05, 0.1) is 0 Å². The molecule has 0 amide bonds. The van der Waals surface area contributed by atoms with Gasteiger partial charge >= 0.3 is 0 Å². The first-order chi connectivity index (χ1) is 13.1. The quantitative estimate of drug-likeness (QED) is 0.381. The molecule has 5 heteroatoms. The number of rotatable bonds is 6. The SMILES string of the molecule is CN(C)CCc1c[nH]c2ccc(NSc3ccc4c(Cl)cccc4c3)cc12. The summed E-state index contributed by atoms with van der Waals surface area (Å²) in [7, 11) is 4.21. The minimum Gasteiger partial charge on any atom is -0.361 e. The van der Waals surface area contributed by atoms with Crippen LogP contribution in [0.3, 0.4) is 0 Å². The van der Waals surface area contributed by atoms with Crippen LogP contribution in [0.2, 0.25) is 5.02 Å². The van der Waals surface area contributed by atoms with E-state index in [1.165, 1.54) is 16.5 Å². The van der Waals surface area contributed by atoms with E-state index >= 15 is 0 Å². The van der Waals surface area contributed by atoms with Crippen molar-refractivity contribution in [1.82, 2.24) is 9.88 Å². The molecule has 0 saturated carbocycles. The highest BCUT2D eigenvalue weighted by Gasteiger charge is 2.06. The second-order valence-electron chi connectivity index (χ2n) is 6.95. The molecule has 3 aromatic carbocycles. The van der Waals surface area contributed by atoms with E-state index in [2.05, 4.69) is 77.4 Å². The zero-order chi connectivity index (χ0) is 18.8. The number of nitrogens with zero attached hydrogens (tertiary/aromatic N) is 1. The second-order valence-corrected chi connectivity index (χ2v) is 8.24. The molecule has 4 aromatic rings. The van der Waals surface area contributed by atoms with Crippen LogP contribution in [0.1, 0.15) is 5.56 Å². The number of anilines is 1. The number of fused-ring (bicyclic) bond motifs is 2. The van der Waals surface area contributed by atoms with Crippen LogP contribution in [0.25, 0.3) is 21.7 Å². The maximum absolute atomic E-state index is 6.26. The molecule has 27 heavy (non-hydrogen) atoms. The van der Waals surface area contributed by atoms with Crippen LogP contribution in [0.4, 0.5) is 5.69 Å². The van der Waals surface area contributed by atoms with Crippen LogP contribution < -0.4 is 4.72 Å². The fraction of sp³-hybridized carbons (Fsp3) is 0.182. The number of likely N-dealkylation sites (N-methyl/N-ethyl adjacent to an activating group) is 1. The molecule has 0 aliphatic rings. The zero-order valence-electron chi connectivity index (χ0n) is 15.4. The van der Waals surface area contributed by atoms with Crippen molar-refractivity contribution >= 4 is 50.9 Å². The first kappa shape index (κ1) is 18.2. The molecule has 0 radical (unpaired) electrons. The topological polar surface area (TPSA) is 31.1 Å². The highest BCUT2D eigenvalue weighted by Crippen LogP contribution is 2.30. The van der Waals surface area contributed by atoms with Crippen molar-refractivity contribution in [3.05, 3.63) is 71.4 Å². The Morgan fingerprint density at radius 1 is 1.04 bits per heavy atom. The Hall–Kier alpha value is -2.14. The minimum atomic E-state index is 0.792. The van der Waals surface area contributed by atoms with Crippen molar-refractivity contribution in [2.24, 2.45) is 0 Å². The van der Waals surface area contributed by atoms with E-state index < -0.39 is 0 Å². The van der Waals surface area contributed by atoms with Gasteiger partial charge in [0.15, 0.2) is 0 Å². The highest BCUT2D eigenvalue weighted by molar-refractivity contribution is 8.00. The number of hydrogen-bond donors (Lipinski definition) is 2. The fourth-order valence-corrected chi connectivity index (χ4v) is 4.13. The number of aromatic amines is 1. The van der Waals surface area contributed by atoms with Crippen molar-refractivity contribution in [1.29, 1.82) is 0 Å². The maximum Gasteiger partial charge on any atom is 0.0484 e. The van der Waals surface area contributed by atoms with Gasteiger partial charge in [-0.15, -0.1) is 0 Å². The molecule has 0 saturated heterocycles. The first-order valence-electron chi connectivity index (χ1n) is 8.96. The minimum absolute atomic E-state index is 0.792. The van der Waals surface area contributed by atoms with Gasteiger partial charge in [-0.3, -0.25) is 0 Å². The Kier molecular flexibility index (Phi) is 5.30. The molecule has 0 aliphatic carbocycles. The summed E-state index contributed by atoms with van der Waals surface area (Å²) in [6.07, 6.45) is 3.16.